The maximum Gasteiger partial charge on any atom is 0.341 e. The van der Waals surface area contributed by atoms with E-state index in [9.17, 15) is 9.59 Å². The number of ether oxygens (including phenoxy) is 1. The molecule has 0 aromatic heterocycles. The van der Waals surface area contributed by atoms with E-state index in [1.807, 2.05) is 51.1 Å². The number of carboxylic acids is 1. The summed E-state index contributed by atoms with van der Waals surface area (Å²) in [4.78, 5) is 23.0. The van der Waals surface area contributed by atoms with Gasteiger partial charge in [-0.25, -0.2) is 4.79 Å². The zero-order chi connectivity index (χ0) is 18.4. The first kappa shape index (κ1) is 18.5. The van der Waals surface area contributed by atoms with Crippen LogP contribution in [0.4, 0.5) is 5.69 Å². The van der Waals surface area contributed by atoms with Gasteiger partial charge in [-0.3, -0.25) is 4.79 Å². The van der Waals surface area contributed by atoms with Gasteiger partial charge in [0, 0.05) is 12.1 Å². The molecule has 0 aliphatic heterocycles. The lowest BCUT2D eigenvalue weighted by Crippen LogP contribution is -2.26. The Morgan fingerprint density at radius 3 is 2.40 bits per heavy atom. The molecular formula is C20H23NO4. The minimum absolute atomic E-state index is 0.0730. The fourth-order valence-electron chi connectivity index (χ4n) is 2.60. The summed E-state index contributed by atoms with van der Waals surface area (Å²) in [5.41, 5.74) is 2.34. The van der Waals surface area contributed by atoms with Gasteiger partial charge >= 0.3 is 5.97 Å². The molecule has 2 N–H and O–H groups in total. The van der Waals surface area contributed by atoms with E-state index in [1.54, 1.807) is 18.2 Å². The van der Waals surface area contributed by atoms with Crippen LogP contribution in [0.5, 0.6) is 5.75 Å². The van der Waals surface area contributed by atoms with Crippen molar-refractivity contribution in [3.8, 4) is 5.75 Å². The van der Waals surface area contributed by atoms with Crippen LogP contribution in [0.1, 0.15) is 31.4 Å². The molecule has 0 bridgehead atoms. The normalized spacial score (nSPS) is 11.0. The van der Waals surface area contributed by atoms with E-state index >= 15 is 0 Å². The number of nitrogens with one attached hydrogen (secondary N) is 1. The summed E-state index contributed by atoms with van der Waals surface area (Å²) in [6, 6.07) is 15.0. The smallest absolute Gasteiger partial charge is 0.341 e. The standard InChI is InChI=1S/C20H23NO4/c1-14-11-16(25-13-19(23)24)9-10-17(14)21-18(22)12-20(2,3)15-7-5-4-6-8-15/h4-11H,12-13H2,1-3H3,(H,21,22)(H,23,24). The van der Waals surface area contributed by atoms with Crippen molar-refractivity contribution in [3.63, 3.8) is 0 Å². The third-order valence-electron chi connectivity index (χ3n) is 3.99. The van der Waals surface area contributed by atoms with Crippen molar-refractivity contribution in [2.75, 3.05) is 11.9 Å². The van der Waals surface area contributed by atoms with E-state index in [-0.39, 0.29) is 11.3 Å². The molecule has 1 amide bonds. The molecule has 2 rings (SSSR count). The number of aryl methyl sites for hydroxylation is 1. The minimum atomic E-state index is -1.03. The van der Waals surface area contributed by atoms with Crippen LogP contribution in [-0.2, 0) is 15.0 Å². The molecule has 5 nitrogen and oxygen atoms in total. The molecule has 0 unspecified atom stereocenters. The van der Waals surface area contributed by atoms with Gasteiger partial charge in [0.2, 0.25) is 5.91 Å². The molecule has 5 heteroatoms. The van der Waals surface area contributed by atoms with Crippen LogP contribution < -0.4 is 10.1 Å². The average molecular weight is 341 g/mol. The van der Waals surface area contributed by atoms with Gasteiger partial charge in [-0.1, -0.05) is 44.2 Å². The summed E-state index contributed by atoms with van der Waals surface area (Å²) in [7, 11) is 0. The molecule has 0 aliphatic carbocycles. The summed E-state index contributed by atoms with van der Waals surface area (Å²) < 4.78 is 5.13. The van der Waals surface area contributed by atoms with E-state index in [2.05, 4.69) is 5.32 Å². The zero-order valence-corrected chi connectivity index (χ0v) is 14.7. The third-order valence-corrected chi connectivity index (χ3v) is 3.99. The Kier molecular flexibility index (Phi) is 5.80. The first-order valence-electron chi connectivity index (χ1n) is 8.08. The molecule has 0 saturated heterocycles. The van der Waals surface area contributed by atoms with Gasteiger partial charge in [0.05, 0.1) is 0 Å². The van der Waals surface area contributed by atoms with E-state index in [0.29, 0.717) is 17.9 Å². The second-order valence-electron chi connectivity index (χ2n) is 6.63. The van der Waals surface area contributed by atoms with E-state index in [0.717, 1.165) is 11.1 Å². The van der Waals surface area contributed by atoms with Crippen molar-refractivity contribution in [2.45, 2.75) is 32.6 Å². The molecule has 0 spiro atoms. The van der Waals surface area contributed by atoms with Crippen LogP contribution in [0.25, 0.3) is 0 Å². The zero-order valence-electron chi connectivity index (χ0n) is 14.7. The minimum Gasteiger partial charge on any atom is -0.482 e. The summed E-state index contributed by atoms with van der Waals surface area (Å²) in [6.45, 7) is 5.53. The van der Waals surface area contributed by atoms with Crippen LogP contribution in [-0.4, -0.2) is 23.6 Å². The van der Waals surface area contributed by atoms with Crippen LogP contribution in [0.2, 0.25) is 0 Å². The molecule has 0 saturated carbocycles. The van der Waals surface area contributed by atoms with Crippen LogP contribution in [0.15, 0.2) is 48.5 Å². The maximum absolute atomic E-state index is 12.4. The molecular weight excluding hydrogens is 318 g/mol. The topological polar surface area (TPSA) is 75.6 Å². The van der Waals surface area contributed by atoms with Gasteiger partial charge in [-0.05, 0) is 41.7 Å². The van der Waals surface area contributed by atoms with Crippen molar-refractivity contribution >= 4 is 17.6 Å². The average Bonchev–Trinajstić information content (AvgIpc) is 2.55. The molecule has 0 atom stereocenters. The Labute approximate surface area is 147 Å². The highest BCUT2D eigenvalue weighted by Gasteiger charge is 2.24. The Hall–Kier alpha value is -2.82. The number of carboxylic acid groups (broad SMARTS) is 1. The van der Waals surface area contributed by atoms with Crippen molar-refractivity contribution in [2.24, 2.45) is 0 Å². The number of rotatable bonds is 7. The predicted molar refractivity (Wildman–Crippen MR) is 97.0 cm³/mol. The quantitative estimate of drug-likeness (QED) is 0.804. The lowest BCUT2D eigenvalue weighted by Gasteiger charge is -2.24. The monoisotopic (exact) mass is 341 g/mol. The Balaban J connectivity index is 2.01. The Bertz CT molecular complexity index is 754. The molecule has 0 fully saturated rings. The van der Waals surface area contributed by atoms with E-state index < -0.39 is 12.6 Å². The van der Waals surface area contributed by atoms with Crippen molar-refractivity contribution in [3.05, 3.63) is 59.7 Å². The van der Waals surface area contributed by atoms with Gasteiger partial charge in [0.1, 0.15) is 5.75 Å². The number of carbonyl (C=O) groups is 2. The van der Waals surface area contributed by atoms with Crippen molar-refractivity contribution < 1.29 is 19.4 Å². The highest BCUT2D eigenvalue weighted by atomic mass is 16.5. The van der Waals surface area contributed by atoms with Crippen LogP contribution >= 0.6 is 0 Å². The first-order valence-corrected chi connectivity index (χ1v) is 8.08. The van der Waals surface area contributed by atoms with Crippen LogP contribution in [0.3, 0.4) is 0 Å². The Morgan fingerprint density at radius 2 is 1.80 bits per heavy atom. The molecule has 132 valence electrons. The third kappa shape index (κ3) is 5.35. The molecule has 0 radical (unpaired) electrons. The SMILES string of the molecule is Cc1cc(OCC(=O)O)ccc1NC(=O)CC(C)(C)c1ccccc1. The maximum atomic E-state index is 12.4. The van der Waals surface area contributed by atoms with Gasteiger partial charge in [0.25, 0.3) is 0 Å². The van der Waals surface area contributed by atoms with E-state index in [1.165, 1.54) is 0 Å². The fraction of sp³-hybridized carbons (Fsp3) is 0.300. The van der Waals surface area contributed by atoms with Crippen molar-refractivity contribution in [1.82, 2.24) is 0 Å². The molecule has 2 aromatic carbocycles. The number of carbonyl (C=O) groups excluding carboxylic acids is 1. The molecule has 0 aliphatic rings. The molecule has 0 heterocycles. The predicted octanol–water partition coefficient (Wildman–Crippen LogP) is 3.76. The molecule has 2 aromatic rings. The highest BCUT2D eigenvalue weighted by molar-refractivity contribution is 5.92. The van der Waals surface area contributed by atoms with Gasteiger partial charge in [0.15, 0.2) is 6.61 Å². The van der Waals surface area contributed by atoms with Crippen LogP contribution in [0, 0.1) is 6.92 Å². The number of amides is 1. The largest absolute Gasteiger partial charge is 0.482 e. The number of hydrogen-bond acceptors (Lipinski definition) is 3. The summed E-state index contributed by atoms with van der Waals surface area (Å²) in [5.74, 6) is -0.642. The highest BCUT2D eigenvalue weighted by Crippen LogP contribution is 2.28. The summed E-state index contributed by atoms with van der Waals surface area (Å²) in [5, 5.41) is 11.6. The fourth-order valence-corrected chi connectivity index (χ4v) is 2.60. The van der Waals surface area contributed by atoms with Crippen molar-refractivity contribution in [1.29, 1.82) is 0 Å². The first-order chi connectivity index (χ1) is 11.8. The number of benzene rings is 2. The Morgan fingerprint density at radius 1 is 1.12 bits per heavy atom. The van der Waals surface area contributed by atoms with Gasteiger partial charge < -0.3 is 15.2 Å². The number of anilines is 1. The summed E-state index contributed by atoms with van der Waals surface area (Å²) >= 11 is 0. The van der Waals surface area contributed by atoms with E-state index in [4.69, 9.17) is 9.84 Å². The molecule has 25 heavy (non-hydrogen) atoms. The second kappa shape index (κ2) is 7.83. The summed E-state index contributed by atoms with van der Waals surface area (Å²) in [6.07, 6.45) is 0.355. The number of aliphatic carboxylic acids is 1. The lowest BCUT2D eigenvalue weighted by molar-refractivity contribution is -0.139. The van der Waals surface area contributed by atoms with Gasteiger partial charge in [-0.15, -0.1) is 0 Å². The number of hydrogen-bond donors (Lipinski definition) is 2. The second-order valence-corrected chi connectivity index (χ2v) is 6.63. The lowest BCUT2D eigenvalue weighted by atomic mass is 9.81. The van der Waals surface area contributed by atoms with Gasteiger partial charge in [-0.2, -0.15) is 0 Å².